The SMILES string of the molecule is CCOC(=O)c1ccc(N2C(=O)[C@@H]3[C@@H](c4ccc(OC)cc4)c4sc(=S)[nH]c4S[C@@H]3C2=O)cc1. The zero-order chi connectivity index (χ0) is 24.0. The molecular weight excluding hydrogens is 492 g/mol. The molecule has 1 fully saturated rings. The Kier molecular flexibility index (Phi) is 6.05. The number of amides is 2. The molecule has 0 radical (unpaired) electrons. The maximum atomic E-state index is 13.7. The number of carbonyl (C=O) groups excluding carboxylic acids is 3. The summed E-state index contributed by atoms with van der Waals surface area (Å²) in [7, 11) is 1.60. The summed E-state index contributed by atoms with van der Waals surface area (Å²) < 4.78 is 10.9. The highest BCUT2D eigenvalue weighted by molar-refractivity contribution is 8.01. The van der Waals surface area contributed by atoms with E-state index in [2.05, 4.69) is 4.98 Å². The van der Waals surface area contributed by atoms with E-state index in [0.29, 0.717) is 21.0 Å². The molecule has 2 amide bonds. The van der Waals surface area contributed by atoms with Crippen LogP contribution in [-0.4, -0.2) is 41.7 Å². The Balaban J connectivity index is 1.54. The highest BCUT2D eigenvalue weighted by atomic mass is 32.2. The minimum atomic E-state index is -0.586. The Labute approximate surface area is 209 Å². The van der Waals surface area contributed by atoms with Crippen LogP contribution in [0.3, 0.4) is 0 Å². The average molecular weight is 513 g/mol. The number of nitrogens with zero attached hydrogens (tertiary/aromatic N) is 1. The van der Waals surface area contributed by atoms with Crippen molar-refractivity contribution in [3.63, 3.8) is 0 Å². The van der Waals surface area contributed by atoms with Crippen molar-refractivity contribution < 1.29 is 23.9 Å². The summed E-state index contributed by atoms with van der Waals surface area (Å²) in [4.78, 5) is 44.6. The second-order valence-electron chi connectivity index (χ2n) is 7.80. The molecule has 0 unspecified atom stereocenters. The van der Waals surface area contributed by atoms with Gasteiger partial charge in [-0.2, -0.15) is 0 Å². The van der Waals surface area contributed by atoms with Crippen molar-refractivity contribution in [2.24, 2.45) is 5.92 Å². The molecule has 3 heterocycles. The van der Waals surface area contributed by atoms with E-state index in [0.717, 1.165) is 15.5 Å². The first-order valence-electron chi connectivity index (χ1n) is 10.6. The second kappa shape index (κ2) is 9.01. The highest BCUT2D eigenvalue weighted by Crippen LogP contribution is 2.54. The second-order valence-corrected chi connectivity index (χ2v) is 10.7. The number of fused-ring (bicyclic) bond motifs is 2. The predicted octanol–water partition coefficient (Wildman–Crippen LogP) is 4.79. The van der Waals surface area contributed by atoms with Gasteiger partial charge in [-0.15, -0.1) is 11.3 Å². The van der Waals surface area contributed by atoms with Crippen LogP contribution in [0.1, 0.15) is 33.6 Å². The molecule has 3 atom stereocenters. The fourth-order valence-corrected chi connectivity index (χ4v) is 7.36. The van der Waals surface area contributed by atoms with Crippen LogP contribution in [0.4, 0.5) is 5.69 Å². The standard InChI is InChI=1S/C24H20N2O5S3/c1-3-31-23(29)13-4-8-14(9-5-13)26-21(27)17-16(12-6-10-15(30-2)11-7-12)18-20(25-24(32)34-18)33-19(17)22(26)28/h4-11,16-17,19H,3H2,1-2H3,(H,25,32)/t16-,17-,19+/m1/s1. The van der Waals surface area contributed by atoms with E-state index in [1.54, 1.807) is 38.3 Å². The van der Waals surface area contributed by atoms with E-state index in [9.17, 15) is 14.4 Å². The summed E-state index contributed by atoms with van der Waals surface area (Å²) in [6, 6.07) is 13.9. The monoisotopic (exact) mass is 512 g/mol. The van der Waals surface area contributed by atoms with Gasteiger partial charge in [0.15, 0.2) is 3.95 Å². The van der Waals surface area contributed by atoms with Crippen molar-refractivity contribution in [3.8, 4) is 5.75 Å². The number of aromatic amines is 1. The topological polar surface area (TPSA) is 88.7 Å². The zero-order valence-corrected chi connectivity index (χ0v) is 20.7. The number of thiazole rings is 1. The van der Waals surface area contributed by atoms with Gasteiger partial charge in [0.25, 0.3) is 0 Å². The normalized spacial score (nSPS) is 21.2. The molecule has 10 heteroatoms. The summed E-state index contributed by atoms with van der Waals surface area (Å²) in [5.41, 5.74) is 1.72. The van der Waals surface area contributed by atoms with Gasteiger partial charge in [-0.25, -0.2) is 9.69 Å². The fraction of sp³-hybridized carbons (Fsp3) is 0.250. The van der Waals surface area contributed by atoms with Crippen molar-refractivity contribution >= 4 is 58.8 Å². The largest absolute Gasteiger partial charge is 0.497 e. The van der Waals surface area contributed by atoms with Crippen LogP contribution in [0, 0.1) is 9.87 Å². The summed E-state index contributed by atoms with van der Waals surface area (Å²) in [6.45, 7) is 2.00. The lowest BCUT2D eigenvalue weighted by molar-refractivity contribution is -0.122. The van der Waals surface area contributed by atoms with Gasteiger partial charge in [0, 0.05) is 10.8 Å². The van der Waals surface area contributed by atoms with E-state index in [4.69, 9.17) is 21.7 Å². The van der Waals surface area contributed by atoms with Crippen molar-refractivity contribution in [2.45, 2.75) is 23.1 Å². The number of hydrogen-bond donors (Lipinski definition) is 1. The van der Waals surface area contributed by atoms with Crippen LogP contribution in [0.15, 0.2) is 53.6 Å². The quantitative estimate of drug-likeness (QED) is 0.299. The lowest BCUT2D eigenvalue weighted by atomic mass is 9.83. The molecule has 2 aromatic carbocycles. The molecule has 2 aliphatic rings. The molecule has 1 aromatic heterocycles. The van der Waals surface area contributed by atoms with E-state index in [-0.39, 0.29) is 24.3 Å². The number of benzene rings is 2. The van der Waals surface area contributed by atoms with Crippen LogP contribution >= 0.6 is 35.3 Å². The molecule has 0 aliphatic carbocycles. The maximum Gasteiger partial charge on any atom is 0.338 e. The number of hydrogen-bond acceptors (Lipinski definition) is 8. The summed E-state index contributed by atoms with van der Waals surface area (Å²) >= 11 is 8.17. The third-order valence-corrected chi connectivity index (χ3v) is 8.69. The van der Waals surface area contributed by atoms with Gasteiger partial charge in [-0.3, -0.25) is 9.59 Å². The fourth-order valence-electron chi connectivity index (χ4n) is 4.40. The minimum Gasteiger partial charge on any atom is -0.497 e. The Hall–Kier alpha value is -2.95. The molecule has 0 bridgehead atoms. The Morgan fingerprint density at radius 2 is 1.79 bits per heavy atom. The van der Waals surface area contributed by atoms with Crippen LogP contribution in [0.25, 0.3) is 0 Å². The number of esters is 1. The maximum absolute atomic E-state index is 13.7. The molecule has 174 valence electrons. The van der Waals surface area contributed by atoms with E-state index in [1.165, 1.54) is 28.0 Å². The van der Waals surface area contributed by atoms with E-state index >= 15 is 0 Å². The Morgan fingerprint density at radius 3 is 2.44 bits per heavy atom. The number of rotatable bonds is 5. The van der Waals surface area contributed by atoms with Gasteiger partial charge >= 0.3 is 5.97 Å². The van der Waals surface area contributed by atoms with Crippen molar-refractivity contribution in [2.75, 3.05) is 18.6 Å². The number of methoxy groups -OCH3 is 1. The van der Waals surface area contributed by atoms with E-state index in [1.807, 2.05) is 24.3 Å². The lowest BCUT2D eigenvalue weighted by Gasteiger charge is -2.30. The van der Waals surface area contributed by atoms with Gasteiger partial charge in [-0.1, -0.05) is 23.9 Å². The molecular formula is C24H20N2O5S3. The van der Waals surface area contributed by atoms with Crippen molar-refractivity contribution in [3.05, 3.63) is 68.5 Å². The van der Waals surface area contributed by atoms with Crippen LogP contribution in [0.5, 0.6) is 5.75 Å². The van der Waals surface area contributed by atoms with Crippen LogP contribution in [-0.2, 0) is 14.3 Å². The number of imide groups is 1. The summed E-state index contributed by atoms with van der Waals surface area (Å²) in [6.07, 6.45) is 0. The zero-order valence-electron chi connectivity index (χ0n) is 18.3. The summed E-state index contributed by atoms with van der Waals surface area (Å²) in [5, 5.41) is 0.245. The number of carbonyl (C=O) groups is 3. The van der Waals surface area contributed by atoms with Gasteiger partial charge in [-0.05, 0) is 61.1 Å². The van der Waals surface area contributed by atoms with Gasteiger partial charge < -0.3 is 14.5 Å². The molecule has 5 rings (SSSR count). The van der Waals surface area contributed by atoms with Gasteiger partial charge in [0.2, 0.25) is 11.8 Å². The number of ether oxygens (including phenoxy) is 2. The Morgan fingerprint density at radius 1 is 1.09 bits per heavy atom. The third-order valence-electron chi connectivity index (χ3n) is 5.94. The summed E-state index contributed by atoms with van der Waals surface area (Å²) in [5.74, 6) is -1.17. The first kappa shape index (κ1) is 22.8. The highest BCUT2D eigenvalue weighted by Gasteiger charge is 2.56. The van der Waals surface area contributed by atoms with Crippen LogP contribution in [0.2, 0.25) is 0 Å². The number of nitrogens with one attached hydrogen (secondary N) is 1. The molecule has 0 spiro atoms. The third kappa shape index (κ3) is 3.75. The number of H-pyrrole nitrogens is 1. The van der Waals surface area contributed by atoms with Crippen LogP contribution < -0.4 is 9.64 Å². The van der Waals surface area contributed by atoms with E-state index < -0.39 is 17.1 Å². The molecule has 2 aliphatic heterocycles. The molecule has 34 heavy (non-hydrogen) atoms. The van der Waals surface area contributed by atoms with Crippen molar-refractivity contribution in [1.82, 2.24) is 4.98 Å². The Bertz CT molecular complexity index is 1330. The van der Waals surface area contributed by atoms with Crippen molar-refractivity contribution in [1.29, 1.82) is 0 Å². The molecule has 3 aromatic rings. The molecule has 1 N–H and O–H groups in total. The number of aromatic nitrogens is 1. The molecule has 1 saturated heterocycles. The first-order chi connectivity index (χ1) is 16.4. The number of anilines is 1. The molecule has 0 saturated carbocycles. The smallest absolute Gasteiger partial charge is 0.338 e. The van der Waals surface area contributed by atoms with Gasteiger partial charge in [0.1, 0.15) is 11.0 Å². The first-order valence-corrected chi connectivity index (χ1v) is 12.7. The average Bonchev–Trinajstić information content (AvgIpc) is 3.34. The van der Waals surface area contributed by atoms with Gasteiger partial charge in [0.05, 0.1) is 35.9 Å². The predicted molar refractivity (Wildman–Crippen MR) is 132 cm³/mol. The molecule has 7 nitrogen and oxygen atoms in total. The lowest BCUT2D eigenvalue weighted by Crippen LogP contribution is -2.32. The minimum absolute atomic E-state index is 0.267. The number of thioether (sulfide) groups is 1.